The number of amides is 1. The van der Waals surface area contributed by atoms with Gasteiger partial charge in [0.25, 0.3) is 0 Å². The molecule has 1 aromatic heterocycles. The largest absolute Gasteiger partial charge is 0.385 e. The minimum absolute atomic E-state index is 0.246. The Morgan fingerprint density at radius 1 is 1.33 bits per heavy atom. The molecule has 0 N–H and O–H groups in total. The fourth-order valence-corrected chi connectivity index (χ4v) is 4.19. The summed E-state index contributed by atoms with van der Waals surface area (Å²) in [4.78, 5) is 21.1. The van der Waals surface area contributed by atoms with Gasteiger partial charge in [-0.05, 0) is 44.7 Å². The SMILES string of the molecule is COCCCN1C[C@@]2(CCCN(c3ccnc(C)c3)C2)CCC1=O. The number of carbonyl (C=O) groups is 1. The Hall–Kier alpha value is -1.62. The molecule has 0 aliphatic carbocycles. The lowest BCUT2D eigenvalue weighted by molar-refractivity contribution is -0.138. The Morgan fingerprint density at radius 2 is 2.21 bits per heavy atom. The van der Waals surface area contributed by atoms with E-state index in [4.69, 9.17) is 4.74 Å². The van der Waals surface area contributed by atoms with Gasteiger partial charge in [0.05, 0.1) is 0 Å². The average molecular weight is 331 g/mol. The van der Waals surface area contributed by atoms with Gasteiger partial charge in [-0.2, -0.15) is 0 Å². The van der Waals surface area contributed by atoms with Crippen LogP contribution in [-0.2, 0) is 9.53 Å². The second-order valence-corrected chi connectivity index (χ2v) is 7.34. The summed E-state index contributed by atoms with van der Waals surface area (Å²) in [7, 11) is 1.72. The van der Waals surface area contributed by atoms with Crippen LogP contribution in [0.25, 0.3) is 0 Å². The van der Waals surface area contributed by atoms with Crippen LogP contribution < -0.4 is 4.90 Å². The van der Waals surface area contributed by atoms with Crippen LogP contribution in [0, 0.1) is 12.3 Å². The van der Waals surface area contributed by atoms with E-state index in [1.165, 1.54) is 18.5 Å². The number of piperidine rings is 2. The van der Waals surface area contributed by atoms with E-state index < -0.39 is 0 Å². The van der Waals surface area contributed by atoms with Gasteiger partial charge in [0.15, 0.2) is 0 Å². The minimum atomic E-state index is 0.246. The van der Waals surface area contributed by atoms with Crippen molar-refractivity contribution in [3.8, 4) is 0 Å². The van der Waals surface area contributed by atoms with E-state index >= 15 is 0 Å². The van der Waals surface area contributed by atoms with Crippen LogP contribution in [-0.4, -0.2) is 55.7 Å². The number of ether oxygens (including phenoxy) is 1. The Morgan fingerprint density at radius 3 is 3.00 bits per heavy atom. The number of carbonyl (C=O) groups excluding carboxylic acids is 1. The number of hydrogen-bond acceptors (Lipinski definition) is 4. The number of likely N-dealkylation sites (tertiary alicyclic amines) is 1. The van der Waals surface area contributed by atoms with Gasteiger partial charge in [-0.1, -0.05) is 0 Å². The van der Waals surface area contributed by atoms with Crippen LogP contribution in [0.2, 0.25) is 0 Å². The molecular formula is C19H29N3O2. The predicted molar refractivity (Wildman–Crippen MR) is 95.2 cm³/mol. The molecule has 0 aromatic carbocycles. The minimum Gasteiger partial charge on any atom is -0.385 e. The third kappa shape index (κ3) is 3.89. The molecule has 5 heteroatoms. The molecule has 0 unspecified atom stereocenters. The molecule has 24 heavy (non-hydrogen) atoms. The molecule has 3 rings (SSSR count). The number of nitrogens with zero attached hydrogens (tertiary/aromatic N) is 3. The molecule has 0 saturated carbocycles. The van der Waals surface area contributed by atoms with Gasteiger partial charge < -0.3 is 14.5 Å². The molecule has 1 spiro atoms. The van der Waals surface area contributed by atoms with Gasteiger partial charge in [-0.15, -0.1) is 0 Å². The van der Waals surface area contributed by atoms with Gasteiger partial charge in [-0.25, -0.2) is 0 Å². The van der Waals surface area contributed by atoms with E-state index in [0.29, 0.717) is 12.3 Å². The second kappa shape index (κ2) is 7.51. The first-order valence-electron chi connectivity index (χ1n) is 9.06. The molecule has 2 saturated heterocycles. The molecule has 5 nitrogen and oxygen atoms in total. The Balaban J connectivity index is 1.69. The first-order valence-corrected chi connectivity index (χ1v) is 9.06. The molecule has 2 fully saturated rings. The molecular weight excluding hydrogens is 302 g/mol. The predicted octanol–water partition coefficient (Wildman–Crippen LogP) is 2.64. The van der Waals surface area contributed by atoms with Crippen molar-refractivity contribution in [3.63, 3.8) is 0 Å². The van der Waals surface area contributed by atoms with Gasteiger partial charge >= 0.3 is 0 Å². The van der Waals surface area contributed by atoms with Crippen molar-refractivity contribution in [2.75, 3.05) is 44.8 Å². The maximum atomic E-state index is 12.3. The Kier molecular flexibility index (Phi) is 5.39. The number of pyridine rings is 1. The molecule has 1 amide bonds. The number of anilines is 1. The normalized spacial score (nSPS) is 24.7. The van der Waals surface area contributed by atoms with E-state index in [9.17, 15) is 4.79 Å². The monoisotopic (exact) mass is 331 g/mol. The summed E-state index contributed by atoms with van der Waals surface area (Å²) >= 11 is 0. The highest BCUT2D eigenvalue weighted by Crippen LogP contribution is 2.40. The van der Waals surface area contributed by atoms with Crippen LogP contribution in [0.4, 0.5) is 5.69 Å². The summed E-state index contributed by atoms with van der Waals surface area (Å²) in [5, 5.41) is 0. The molecule has 1 aromatic rings. The maximum absolute atomic E-state index is 12.3. The highest BCUT2D eigenvalue weighted by atomic mass is 16.5. The van der Waals surface area contributed by atoms with E-state index in [2.05, 4.69) is 26.9 Å². The molecule has 0 radical (unpaired) electrons. The number of aryl methyl sites for hydroxylation is 1. The van der Waals surface area contributed by atoms with Crippen molar-refractivity contribution < 1.29 is 9.53 Å². The summed E-state index contributed by atoms with van der Waals surface area (Å²) in [5.74, 6) is 0.314. The Bertz CT molecular complexity index is 577. The number of methoxy groups -OCH3 is 1. The molecule has 2 aliphatic heterocycles. The van der Waals surface area contributed by atoms with Gasteiger partial charge in [-0.3, -0.25) is 9.78 Å². The number of aromatic nitrogens is 1. The quantitative estimate of drug-likeness (QED) is 0.778. The van der Waals surface area contributed by atoms with Crippen LogP contribution in [0.5, 0.6) is 0 Å². The first-order chi connectivity index (χ1) is 11.6. The average Bonchev–Trinajstić information content (AvgIpc) is 2.59. The highest BCUT2D eigenvalue weighted by molar-refractivity contribution is 5.77. The van der Waals surface area contributed by atoms with Crippen molar-refractivity contribution in [2.45, 2.75) is 39.0 Å². The van der Waals surface area contributed by atoms with Crippen LogP contribution >= 0.6 is 0 Å². The van der Waals surface area contributed by atoms with E-state index in [1.54, 1.807) is 7.11 Å². The summed E-state index contributed by atoms with van der Waals surface area (Å²) in [6, 6.07) is 4.28. The zero-order valence-corrected chi connectivity index (χ0v) is 15.0. The zero-order valence-electron chi connectivity index (χ0n) is 15.0. The summed E-state index contributed by atoms with van der Waals surface area (Å²) < 4.78 is 5.14. The lowest BCUT2D eigenvalue weighted by Gasteiger charge is -2.49. The van der Waals surface area contributed by atoms with Crippen molar-refractivity contribution in [2.24, 2.45) is 5.41 Å². The second-order valence-electron chi connectivity index (χ2n) is 7.34. The molecule has 3 heterocycles. The lowest BCUT2D eigenvalue weighted by atomic mass is 9.73. The van der Waals surface area contributed by atoms with Crippen molar-refractivity contribution in [3.05, 3.63) is 24.0 Å². The fourth-order valence-electron chi connectivity index (χ4n) is 4.19. The molecule has 1 atom stereocenters. The maximum Gasteiger partial charge on any atom is 0.222 e. The molecule has 0 bridgehead atoms. The summed E-state index contributed by atoms with van der Waals surface area (Å²) in [5.41, 5.74) is 2.58. The van der Waals surface area contributed by atoms with Crippen LogP contribution in [0.15, 0.2) is 18.3 Å². The first kappa shape index (κ1) is 17.2. The topological polar surface area (TPSA) is 45.7 Å². The van der Waals surface area contributed by atoms with Crippen LogP contribution in [0.3, 0.4) is 0 Å². The smallest absolute Gasteiger partial charge is 0.222 e. The zero-order chi connectivity index (χ0) is 17.0. The van der Waals surface area contributed by atoms with E-state index in [-0.39, 0.29) is 5.41 Å². The Labute approximate surface area is 145 Å². The summed E-state index contributed by atoms with van der Waals surface area (Å²) in [6.45, 7) is 6.63. The number of rotatable bonds is 5. The van der Waals surface area contributed by atoms with Gasteiger partial charge in [0.1, 0.15) is 0 Å². The highest BCUT2D eigenvalue weighted by Gasteiger charge is 2.41. The third-order valence-corrected chi connectivity index (χ3v) is 5.43. The van der Waals surface area contributed by atoms with E-state index in [1.807, 2.05) is 13.1 Å². The lowest BCUT2D eigenvalue weighted by Crippen LogP contribution is -2.54. The van der Waals surface area contributed by atoms with Gasteiger partial charge in [0.2, 0.25) is 5.91 Å². The summed E-state index contributed by atoms with van der Waals surface area (Å²) in [6.07, 6.45) is 6.95. The van der Waals surface area contributed by atoms with Gasteiger partial charge in [0, 0.05) is 69.3 Å². The van der Waals surface area contributed by atoms with Crippen LogP contribution in [0.1, 0.15) is 37.8 Å². The van der Waals surface area contributed by atoms with Crippen molar-refractivity contribution in [1.82, 2.24) is 9.88 Å². The number of hydrogen-bond donors (Lipinski definition) is 0. The standard InChI is InChI=1S/C19H29N3O2/c1-16-13-17(6-9-20-16)21-10-3-7-19(14-21)8-5-18(23)22(15-19)11-4-12-24-2/h6,9,13H,3-5,7-8,10-12,14-15H2,1-2H3/t19-/m0/s1. The molecule has 132 valence electrons. The van der Waals surface area contributed by atoms with E-state index in [0.717, 1.165) is 51.3 Å². The van der Waals surface area contributed by atoms with Crippen molar-refractivity contribution >= 4 is 11.6 Å². The fraction of sp³-hybridized carbons (Fsp3) is 0.684. The third-order valence-electron chi connectivity index (χ3n) is 5.43. The molecule has 2 aliphatic rings. The van der Waals surface area contributed by atoms with Crippen molar-refractivity contribution in [1.29, 1.82) is 0 Å².